The Bertz CT molecular complexity index is 671. The third-order valence-corrected chi connectivity index (χ3v) is 4.03. The van der Waals surface area contributed by atoms with Gasteiger partial charge in [0.2, 0.25) is 0 Å². The lowest BCUT2D eigenvalue weighted by Crippen LogP contribution is -2.17. The maximum absolute atomic E-state index is 14.0. The maximum Gasteiger partial charge on any atom is 0.141 e. The van der Waals surface area contributed by atoms with Crippen molar-refractivity contribution in [3.05, 3.63) is 61.8 Å². The van der Waals surface area contributed by atoms with Gasteiger partial charge in [-0.15, -0.1) is 0 Å². The van der Waals surface area contributed by atoms with Crippen molar-refractivity contribution in [3.63, 3.8) is 0 Å². The minimum absolute atomic E-state index is 0.116. The molecule has 21 heavy (non-hydrogen) atoms. The molecular weight excluding hydrogens is 415 g/mol. The van der Waals surface area contributed by atoms with Crippen molar-refractivity contribution in [2.24, 2.45) is 5.73 Å². The molecular formula is C14H10Br2F3NO. The molecule has 1 unspecified atom stereocenters. The number of benzene rings is 2. The van der Waals surface area contributed by atoms with Crippen LogP contribution in [-0.2, 0) is 0 Å². The van der Waals surface area contributed by atoms with Gasteiger partial charge in [0.05, 0.1) is 17.6 Å². The van der Waals surface area contributed by atoms with Gasteiger partial charge in [0, 0.05) is 21.7 Å². The highest BCUT2D eigenvalue weighted by Crippen LogP contribution is 2.35. The molecule has 0 amide bonds. The lowest BCUT2D eigenvalue weighted by atomic mass is 9.97. The number of nitrogens with two attached hydrogens (primary N) is 1. The molecule has 0 bridgehead atoms. The van der Waals surface area contributed by atoms with Crippen molar-refractivity contribution < 1.29 is 17.9 Å². The Morgan fingerprint density at radius 1 is 1.00 bits per heavy atom. The number of rotatable bonds is 3. The molecule has 112 valence electrons. The molecule has 2 N–H and O–H groups in total. The lowest BCUT2D eigenvalue weighted by Gasteiger charge is -2.18. The van der Waals surface area contributed by atoms with Crippen LogP contribution in [0.5, 0.6) is 5.75 Å². The van der Waals surface area contributed by atoms with Crippen LogP contribution >= 0.6 is 31.9 Å². The van der Waals surface area contributed by atoms with Gasteiger partial charge in [-0.2, -0.15) is 0 Å². The second-order valence-electron chi connectivity index (χ2n) is 4.27. The second kappa shape index (κ2) is 6.37. The Hall–Kier alpha value is -1.05. The minimum atomic E-state index is -1.13. The summed E-state index contributed by atoms with van der Waals surface area (Å²) in [5, 5.41) is 0. The topological polar surface area (TPSA) is 35.2 Å². The normalized spacial score (nSPS) is 12.3. The third-order valence-electron chi connectivity index (χ3n) is 2.96. The van der Waals surface area contributed by atoms with E-state index in [0.29, 0.717) is 0 Å². The molecule has 0 saturated heterocycles. The third kappa shape index (κ3) is 3.25. The second-order valence-corrected chi connectivity index (χ2v) is 6.04. The Morgan fingerprint density at radius 2 is 1.57 bits per heavy atom. The quantitative estimate of drug-likeness (QED) is 0.775. The Labute approximate surface area is 136 Å². The first-order valence-corrected chi connectivity index (χ1v) is 7.36. The van der Waals surface area contributed by atoms with Crippen molar-refractivity contribution in [2.75, 3.05) is 7.11 Å². The number of halogens is 5. The van der Waals surface area contributed by atoms with E-state index in [1.54, 1.807) is 0 Å². The first-order valence-electron chi connectivity index (χ1n) is 5.78. The molecule has 0 aliphatic heterocycles. The molecule has 0 aromatic heterocycles. The zero-order valence-corrected chi connectivity index (χ0v) is 13.9. The molecule has 0 spiro atoms. The molecule has 0 aliphatic rings. The van der Waals surface area contributed by atoms with Crippen LogP contribution in [0.25, 0.3) is 0 Å². The van der Waals surface area contributed by atoms with Crippen molar-refractivity contribution in [2.45, 2.75) is 6.04 Å². The summed E-state index contributed by atoms with van der Waals surface area (Å²) in [4.78, 5) is 0. The Morgan fingerprint density at radius 3 is 2.10 bits per heavy atom. The highest BCUT2D eigenvalue weighted by Gasteiger charge is 2.23. The molecule has 7 heteroatoms. The monoisotopic (exact) mass is 423 g/mol. The largest absolute Gasteiger partial charge is 0.496 e. The van der Waals surface area contributed by atoms with Gasteiger partial charge in [-0.25, -0.2) is 13.2 Å². The number of hydrogen-bond acceptors (Lipinski definition) is 2. The van der Waals surface area contributed by atoms with E-state index in [0.717, 1.165) is 18.2 Å². The van der Waals surface area contributed by atoms with Crippen LogP contribution in [0.15, 0.2) is 33.2 Å². The molecule has 1 atom stereocenters. The molecule has 0 saturated carbocycles. The van der Waals surface area contributed by atoms with Gasteiger partial charge in [0.1, 0.15) is 23.2 Å². The average Bonchev–Trinajstić information content (AvgIpc) is 2.39. The standard InChI is InChI=1S/C14H10Br2F3NO/c1-21-12-5-9(17)8(16)4-7(12)14(20)13-10(18)2-6(15)3-11(13)19/h2-5,14H,20H2,1H3. The van der Waals surface area contributed by atoms with Crippen molar-refractivity contribution in [3.8, 4) is 5.75 Å². The Kier molecular flexibility index (Phi) is 4.95. The molecule has 0 aliphatic carbocycles. The predicted octanol–water partition coefficient (Wildman–Crippen LogP) is 4.69. The summed E-state index contributed by atoms with van der Waals surface area (Å²) in [6.07, 6.45) is 0. The maximum atomic E-state index is 14.0. The fraction of sp³-hybridized carbons (Fsp3) is 0.143. The summed E-state index contributed by atoms with van der Waals surface area (Å²) in [5.41, 5.74) is 5.90. The van der Waals surface area contributed by atoms with Gasteiger partial charge >= 0.3 is 0 Å². The van der Waals surface area contributed by atoms with E-state index in [1.807, 2.05) is 0 Å². The first-order chi connectivity index (χ1) is 9.85. The van der Waals surface area contributed by atoms with E-state index in [9.17, 15) is 13.2 Å². The highest BCUT2D eigenvalue weighted by molar-refractivity contribution is 9.10. The fourth-order valence-corrected chi connectivity index (χ4v) is 2.73. The van der Waals surface area contributed by atoms with Crippen LogP contribution < -0.4 is 10.5 Å². The molecule has 2 rings (SSSR count). The summed E-state index contributed by atoms with van der Waals surface area (Å²) in [6.45, 7) is 0. The van der Waals surface area contributed by atoms with Gasteiger partial charge in [0.15, 0.2) is 0 Å². The fourth-order valence-electron chi connectivity index (χ4n) is 1.97. The average molecular weight is 425 g/mol. The zero-order chi connectivity index (χ0) is 15.7. The van der Waals surface area contributed by atoms with Crippen LogP contribution in [0.1, 0.15) is 17.2 Å². The van der Waals surface area contributed by atoms with Crippen LogP contribution in [-0.4, -0.2) is 7.11 Å². The number of ether oxygens (including phenoxy) is 1. The van der Waals surface area contributed by atoms with Gasteiger partial charge in [0.25, 0.3) is 0 Å². The van der Waals surface area contributed by atoms with E-state index in [1.165, 1.54) is 13.2 Å². The predicted molar refractivity (Wildman–Crippen MR) is 80.7 cm³/mol. The van der Waals surface area contributed by atoms with Crippen molar-refractivity contribution in [1.29, 1.82) is 0 Å². The molecule has 0 heterocycles. The van der Waals surface area contributed by atoms with Gasteiger partial charge in [-0.3, -0.25) is 0 Å². The molecule has 2 aromatic rings. The van der Waals surface area contributed by atoms with Gasteiger partial charge in [-0.1, -0.05) is 15.9 Å². The molecule has 2 nitrogen and oxygen atoms in total. The summed E-state index contributed by atoms with van der Waals surface area (Å²) in [7, 11) is 1.33. The van der Waals surface area contributed by atoms with E-state index in [4.69, 9.17) is 10.5 Å². The van der Waals surface area contributed by atoms with Crippen LogP contribution in [0.2, 0.25) is 0 Å². The van der Waals surface area contributed by atoms with Crippen molar-refractivity contribution in [1.82, 2.24) is 0 Å². The summed E-state index contributed by atoms with van der Waals surface area (Å²) >= 11 is 6.02. The van der Waals surface area contributed by atoms with Gasteiger partial charge in [-0.05, 0) is 34.1 Å². The molecule has 0 radical (unpaired) electrons. The minimum Gasteiger partial charge on any atom is -0.496 e. The van der Waals surface area contributed by atoms with E-state index in [2.05, 4.69) is 31.9 Å². The summed E-state index contributed by atoms with van der Waals surface area (Å²) < 4.78 is 46.9. The molecule has 2 aromatic carbocycles. The molecule has 0 fully saturated rings. The first kappa shape index (κ1) is 16.3. The SMILES string of the molecule is COc1cc(F)c(Br)cc1C(N)c1c(F)cc(Br)cc1F. The van der Waals surface area contributed by atoms with E-state index >= 15 is 0 Å². The Balaban J connectivity index is 2.60. The van der Waals surface area contributed by atoms with Crippen LogP contribution in [0.3, 0.4) is 0 Å². The number of hydrogen-bond donors (Lipinski definition) is 1. The smallest absolute Gasteiger partial charge is 0.141 e. The van der Waals surface area contributed by atoms with E-state index in [-0.39, 0.29) is 25.8 Å². The van der Waals surface area contributed by atoms with Crippen LogP contribution in [0, 0.1) is 17.5 Å². The lowest BCUT2D eigenvalue weighted by molar-refractivity contribution is 0.402. The van der Waals surface area contributed by atoms with Crippen molar-refractivity contribution >= 4 is 31.9 Å². The summed E-state index contributed by atoms with van der Waals surface area (Å²) in [5.74, 6) is -2.03. The number of methoxy groups -OCH3 is 1. The summed E-state index contributed by atoms with van der Waals surface area (Å²) in [6, 6.07) is 3.55. The van der Waals surface area contributed by atoms with E-state index < -0.39 is 23.5 Å². The van der Waals surface area contributed by atoms with Gasteiger partial charge < -0.3 is 10.5 Å². The zero-order valence-electron chi connectivity index (χ0n) is 10.8. The van der Waals surface area contributed by atoms with Crippen LogP contribution in [0.4, 0.5) is 13.2 Å². The highest BCUT2D eigenvalue weighted by atomic mass is 79.9.